The summed E-state index contributed by atoms with van der Waals surface area (Å²) in [6.45, 7) is -0.351. The molecule has 0 aliphatic rings. The average molecular weight is 382 g/mol. The summed E-state index contributed by atoms with van der Waals surface area (Å²) in [4.78, 5) is 28.5. The number of ether oxygens (including phenoxy) is 2. The van der Waals surface area contributed by atoms with Gasteiger partial charge in [-0.25, -0.2) is 9.78 Å². The molecule has 8 nitrogen and oxygen atoms in total. The predicted octanol–water partition coefficient (Wildman–Crippen LogP) is 2.12. The maximum absolute atomic E-state index is 12.3. The van der Waals surface area contributed by atoms with E-state index in [2.05, 4.69) is 15.3 Å². The molecule has 0 aliphatic heterocycles. The van der Waals surface area contributed by atoms with E-state index < -0.39 is 5.97 Å². The monoisotopic (exact) mass is 382 g/mol. The summed E-state index contributed by atoms with van der Waals surface area (Å²) in [6, 6.07) is 14.6. The highest BCUT2D eigenvalue weighted by Gasteiger charge is 2.09. The van der Waals surface area contributed by atoms with E-state index in [4.69, 9.17) is 9.47 Å². The van der Waals surface area contributed by atoms with Gasteiger partial charge in [-0.05, 0) is 24.3 Å². The number of hydrogen-bond acceptors (Lipinski definition) is 8. The molecule has 136 valence electrons. The predicted molar refractivity (Wildman–Crippen MR) is 99.2 cm³/mol. The SMILES string of the molecule is O=C(COCc1nc2ccccc2s1)OCn1nnc2ccccc2c1=O. The number of thiazole rings is 1. The van der Waals surface area contributed by atoms with Crippen LogP contribution in [0.3, 0.4) is 0 Å². The molecule has 0 atom stereocenters. The highest BCUT2D eigenvalue weighted by Crippen LogP contribution is 2.21. The Morgan fingerprint density at radius 3 is 2.70 bits per heavy atom. The Morgan fingerprint density at radius 2 is 1.85 bits per heavy atom. The molecule has 0 N–H and O–H groups in total. The normalized spacial score (nSPS) is 11.1. The van der Waals surface area contributed by atoms with Crippen molar-refractivity contribution < 1.29 is 14.3 Å². The Labute approximate surface area is 157 Å². The van der Waals surface area contributed by atoms with Crippen LogP contribution in [0.5, 0.6) is 0 Å². The summed E-state index contributed by atoms with van der Waals surface area (Å²) >= 11 is 1.51. The van der Waals surface area contributed by atoms with Gasteiger partial charge in [0.05, 0.1) is 22.2 Å². The van der Waals surface area contributed by atoms with Crippen molar-refractivity contribution in [2.75, 3.05) is 6.61 Å². The molecular weight excluding hydrogens is 368 g/mol. The molecule has 0 unspecified atom stereocenters. The van der Waals surface area contributed by atoms with Crippen LogP contribution in [-0.4, -0.2) is 32.6 Å². The second-order valence-corrected chi connectivity index (χ2v) is 6.74. The van der Waals surface area contributed by atoms with Crippen molar-refractivity contribution in [1.29, 1.82) is 0 Å². The van der Waals surface area contributed by atoms with Crippen molar-refractivity contribution >= 4 is 38.4 Å². The smallest absolute Gasteiger partial charge is 0.333 e. The zero-order valence-electron chi connectivity index (χ0n) is 14.1. The largest absolute Gasteiger partial charge is 0.440 e. The van der Waals surface area contributed by atoms with Gasteiger partial charge in [-0.15, -0.1) is 16.4 Å². The number of para-hydroxylation sites is 1. The number of aromatic nitrogens is 4. The lowest BCUT2D eigenvalue weighted by atomic mass is 10.2. The van der Waals surface area contributed by atoms with Crippen molar-refractivity contribution in [3.05, 3.63) is 63.9 Å². The summed E-state index contributed by atoms with van der Waals surface area (Å²) in [5, 5.41) is 8.88. The van der Waals surface area contributed by atoms with Crippen molar-refractivity contribution in [2.24, 2.45) is 0 Å². The second kappa shape index (κ2) is 7.60. The minimum atomic E-state index is -0.599. The van der Waals surface area contributed by atoms with Crippen LogP contribution in [0.2, 0.25) is 0 Å². The molecule has 0 spiro atoms. The van der Waals surface area contributed by atoms with Crippen molar-refractivity contribution in [3.63, 3.8) is 0 Å². The fraction of sp³-hybridized carbons (Fsp3) is 0.167. The van der Waals surface area contributed by atoms with Gasteiger partial charge in [-0.2, -0.15) is 4.68 Å². The Bertz CT molecular complexity index is 1140. The average Bonchev–Trinajstić information content (AvgIpc) is 3.10. The van der Waals surface area contributed by atoms with Crippen LogP contribution < -0.4 is 5.56 Å². The molecule has 4 rings (SSSR count). The van der Waals surface area contributed by atoms with Gasteiger partial charge in [0.25, 0.3) is 5.56 Å². The molecule has 0 aliphatic carbocycles. The lowest BCUT2D eigenvalue weighted by Crippen LogP contribution is -2.27. The lowest BCUT2D eigenvalue weighted by molar-refractivity contribution is -0.153. The summed E-state index contributed by atoms with van der Waals surface area (Å²) in [5.41, 5.74) is 1.02. The van der Waals surface area contributed by atoms with Gasteiger partial charge in [0.1, 0.15) is 17.1 Å². The summed E-state index contributed by atoms with van der Waals surface area (Å²) in [6.07, 6.45) is 0. The van der Waals surface area contributed by atoms with E-state index in [-0.39, 0.29) is 25.5 Å². The van der Waals surface area contributed by atoms with Gasteiger partial charge in [-0.1, -0.05) is 29.5 Å². The minimum Gasteiger partial charge on any atom is -0.440 e. The van der Waals surface area contributed by atoms with E-state index in [1.165, 1.54) is 11.3 Å². The number of carbonyl (C=O) groups is 1. The van der Waals surface area contributed by atoms with Gasteiger partial charge < -0.3 is 9.47 Å². The molecule has 27 heavy (non-hydrogen) atoms. The van der Waals surface area contributed by atoms with E-state index in [0.717, 1.165) is 19.9 Å². The third-order valence-corrected chi connectivity index (χ3v) is 4.77. The Hall–Kier alpha value is -3.17. The van der Waals surface area contributed by atoms with Gasteiger partial charge in [0.2, 0.25) is 0 Å². The standard InChI is InChI=1S/C18H14N4O4S/c23-17(10-25-9-16-19-14-7-3-4-8-15(14)27-16)26-11-22-18(24)12-5-1-2-6-13(12)20-21-22/h1-8H,9-11H2. The zero-order chi connectivity index (χ0) is 18.6. The van der Waals surface area contributed by atoms with Gasteiger partial charge in [0.15, 0.2) is 6.73 Å². The summed E-state index contributed by atoms with van der Waals surface area (Å²) < 4.78 is 12.4. The van der Waals surface area contributed by atoms with Crippen molar-refractivity contribution in [1.82, 2.24) is 20.0 Å². The molecular formula is C18H14N4O4S. The molecule has 2 heterocycles. The molecule has 0 saturated carbocycles. The number of hydrogen-bond donors (Lipinski definition) is 0. The molecule has 0 bridgehead atoms. The number of fused-ring (bicyclic) bond motifs is 2. The van der Waals surface area contributed by atoms with Gasteiger partial charge >= 0.3 is 5.97 Å². The third kappa shape index (κ3) is 3.83. The fourth-order valence-corrected chi connectivity index (χ4v) is 3.39. The van der Waals surface area contributed by atoms with Crippen molar-refractivity contribution in [3.8, 4) is 0 Å². The summed E-state index contributed by atoms with van der Waals surface area (Å²) in [7, 11) is 0. The quantitative estimate of drug-likeness (QED) is 0.471. The highest BCUT2D eigenvalue weighted by atomic mass is 32.1. The van der Waals surface area contributed by atoms with Crippen LogP contribution in [0.25, 0.3) is 21.1 Å². The van der Waals surface area contributed by atoms with E-state index in [1.54, 1.807) is 24.3 Å². The number of carbonyl (C=O) groups excluding carboxylic acids is 1. The maximum Gasteiger partial charge on any atom is 0.333 e. The van der Waals surface area contributed by atoms with Crippen LogP contribution in [0.1, 0.15) is 5.01 Å². The molecule has 0 saturated heterocycles. The number of esters is 1. The van der Waals surface area contributed by atoms with E-state index in [9.17, 15) is 9.59 Å². The molecule has 2 aromatic heterocycles. The zero-order valence-corrected chi connectivity index (χ0v) is 14.9. The lowest BCUT2D eigenvalue weighted by Gasteiger charge is -2.06. The molecule has 0 fully saturated rings. The van der Waals surface area contributed by atoms with Gasteiger partial charge in [0, 0.05) is 0 Å². The van der Waals surface area contributed by atoms with Crippen molar-refractivity contribution in [2.45, 2.75) is 13.3 Å². The maximum atomic E-state index is 12.3. The minimum absolute atomic E-state index is 0.212. The van der Waals surface area contributed by atoms with Crippen LogP contribution in [0.4, 0.5) is 0 Å². The highest BCUT2D eigenvalue weighted by molar-refractivity contribution is 7.18. The Kier molecular flexibility index (Phi) is 4.86. The summed E-state index contributed by atoms with van der Waals surface area (Å²) in [5.74, 6) is -0.599. The van der Waals surface area contributed by atoms with Crippen LogP contribution in [-0.2, 0) is 27.6 Å². The first-order valence-corrected chi connectivity index (χ1v) is 8.93. The molecule has 9 heteroatoms. The number of rotatable bonds is 6. The fourth-order valence-electron chi connectivity index (χ4n) is 2.49. The first-order chi connectivity index (χ1) is 13.2. The number of nitrogens with zero attached hydrogens (tertiary/aromatic N) is 4. The topological polar surface area (TPSA) is 96.2 Å². The molecule has 2 aromatic carbocycles. The Morgan fingerprint density at radius 1 is 1.07 bits per heavy atom. The van der Waals surface area contributed by atoms with Crippen LogP contribution in [0, 0.1) is 0 Å². The van der Waals surface area contributed by atoms with Crippen LogP contribution >= 0.6 is 11.3 Å². The Balaban J connectivity index is 1.31. The molecule has 0 radical (unpaired) electrons. The van der Waals surface area contributed by atoms with Gasteiger partial charge in [-0.3, -0.25) is 4.79 Å². The second-order valence-electron chi connectivity index (χ2n) is 5.62. The van der Waals surface area contributed by atoms with E-state index in [0.29, 0.717) is 10.9 Å². The molecule has 0 amide bonds. The first-order valence-electron chi connectivity index (χ1n) is 8.11. The third-order valence-electron chi connectivity index (χ3n) is 3.76. The number of benzene rings is 2. The van der Waals surface area contributed by atoms with E-state index in [1.807, 2.05) is 24.3 Å². The van der Waals surface area contributed by atoms with Crippen LogP contribution in [0.15, 0.2) is 53.3 Å². The molecule has 4 aromatic rings. The van der Waals surface area contributed by atoms with E-state index >= 15 is 0 Å². The first kappa shape index (κ1) is 17.3.